The van der Waals surface area contributed by atoms with Crippen molar-refractivity contribution < 1.29 is 36.6 Å². The number of nitrogens with one attached hydrogen (secondary N) is 2. The maximum Gasteiger partial charge on any atom is 0.261 e. The predicted molar refractivity (Wildman–Crippen MR) is 181 cm³/mol. The number of amides is 2. The van der Waals surface area contributed by atoms with Gasteiger partial charge in [-0.1, -0.05) is 42.5 Å². The first kappa shape index (κ1) is 35.9. The molecular formula is C36H40FN3O7S. The number of methoxy groups -OCH3 is 1. The van der Waals surface area contributed by atoms with Crippen molar-refractivity contribution in [2.24, 2.45) is 0 Å². The van der Waals surface area contributed by atoms with Crippen LogP contribution >= 0.6 is 0 Å². The topological polar surface area (TPSA) is 123 Å². The molecule has 4 rings (SSSR count). The number of halogens is 1. The molecule has 0 saturated heterocycles. The number of ether oxygens (including phenoxy) is 3. The van der Waals surface area contributed by atoms with Crippen LogP contribution in [0.4, 0.5) is 10.1 Å². The standard InChI is InChI=1S/C36H40FN3O7S/c1-3-46-23-7-22-38-36(42)34(24-27-8-5-4-6-9-27)40(25-28-10-16-31(45-2)17-11-28)35(41)26-47-32-18-20-33(21-19-32)48(43,44)39-30-14-12-29(37)13-15-30/h4-6,8-21,34,39H,3,7,22-26H2,1-2H3,(H,38,42). The van der Waals surface area contributed by atoms with Crippen molar-refractivity contribution >= 4 is 27.5 Å². The van der Waals surface area contributed by atoms with Crippen molar-refractivity contribution in [3.63, 3.8) is 0 Å². The highest BCUT2D eigenvalue weighted by atomic mass is 32.2. The first-order valence-corrected chi connectivity index (χ1v) is 17.0. The second kappa shape index (κ2) is 17.8. The fourth-order valence-corrected chi connectivity index (χ4v) is 5.86. The zero-order chi connectivity index (χ0) is 34.4. The summed E-state index contributed by atoms with van der Waals surface area (Å²) in [4.78, 5) is 29.0. The minimum absolute atomic E-state index is 0.0458. The van der Waals surface area contributed by atoms with Gasteiger partial charge in [-0.25, -0.2) is 12.8 Å². The molecule has 0 aliphatic heterocycles. The van der Waals surface area contributed by atoms with Gasteiger partial charge in [0.15, 0.2) is 6.61 Å². The van der Waals surface area contributed by atoms with E-state index in [0.29, 0.717) is 31.9 Å². The maximum atomic E-state index is 13.9. The molecule has 0 radical (unpaired) electrons. The van der Waals surface area contributed by atoms with E-state index in [-0.39, 0.29) is 35.2 Å². The van der Waals surface area contributed by atoms with Gasteiger partial charge in [-0.3, -0.25) is 14.3 Å². The van der Waals surface area contributed by atoms with E-state index in [1.807, 2.05) is 49.4 Å². The first-order valence-electron chi connectivity index (χ1n) is 15.5. The Balaban J connectivity index is 1.52. The molecule has 0 aliphatic rings. The van der Waals surface area contributed by atoms with E-state index < -0.39 is 34.4 Å². The van der Waals surface area contributed by atoms with Gasteiger partial charge in [0.1, 0.15) is 23.4 Å². The third-order valence-electron chi connectivity index (χ3n) is 7.34. The molecule has 10 nitrogen and oxygen atoms in total. The Hall–Kier alpha value is -4.94. The number of anilines is 1. The third-order valence-corrected chi connectivity index (χ3v) is 8.74. The van der Waals surface area contributed by atoms with Crippen LogP contribution in [0, 0.1) is 5.82 Å². The summed E-state index contributed by atoms with van der Waals surface area (Å²) in [7, 11) is -2.39. The molecular weight excluding hydrogens is 637 g/mol. The van der Waals surface area contributed by atoms with E-state index in [2.05, 4.69) is 10.0 Å². The SMILES string of the molecule is CCOCCCNC(=O)C(Cc1ccccc1)N(Cc1ccc(OC)cc1)C(=O)COc1ccc(S(=O)(=O)Nc2ccc(F)cc2)cc1. The molecule has 0 aromatic heterocycles. The molecule has 0 saturated carbocycles. The fraction of sp³-hybridized carbons (Fsp3) is 0.278. The minimum atomic E-state index is -3.96. The Labute approximate surface area is 280 Å². The lowest BCUT2D eigenvalue weighted by atomic mass is 10.0. The van der Waals surface area contributed by atoms with Crippen molar-refractivity contribution in [1.29, 1.82) is 0 Å². The molecule has 4 aromatic carbocycles. The maximum absolute atomic E-state index is 13.9. The summed E-state index contributed by atoms with van der Waals surface area (Å²) in [5, 5.41) is 2.96. The van der Waals surface area contributed by atoms with E-state index in [1.54, 1.807) is 19.2 Å². The lowest BCUT2D eigenvalue weighted by molar-refractivity contribution is -0.142. The molecule has 2 N–H and O–H groups in total. The lowest BCUT2D eigenvalue weighted by Crippen LogP contribution is -2.51. The zero-order valence-electron chi connectivity index (χ0n) is 26.9. The summed E-state index contributed by atoms with van der Waals surface area (Å²) in [6.07, 6.45) is 0.895. The van der Waals surface area contributed by atoms with E-state index in [0.717, 1.165) is 23.3 Å². The van der Waals surface area contributed by atoms with Crippen LogP contribution in [-0.2, 0) is 37.3 Å². The van der Waals surface area contributed by atoms with Gasteiger partial charge < -0.3 is 24.4 Å². The average molecular weight is 678 g/mol. The Morgan fingerprint density at radius 1 is 0.854 bits per heavy atom. The highest BCUT2D eigenvalue weighted by molar-refractivity contribution is 7.92. The van der Waals surface area contributed by atoms with E-state index in [4.69, 9.17) is 14.2 Å². The number of carbonyl (C=O) groups excluding carboxylic acids is 2. The molecule has 48 heavy (non-hydrogen) atoms. The smallest absolute Gasteiger partial charge is 0.261 e. The third kappa shape index (κ3) is 10.8. The van der Waals surface area contributed by atoms with Crippen LogP contribution in [-0.4, -0.2) is 64.6 Å². The van der Waals surface area contributed by atoms with Crippen LogP contribution in [0.2, 0.25) is 0 Å². The fourth-order valence-electron chi connectivity index (χ4n) is 4.80. The van der Waals surface area contributed by atoms with Crippen molar-refractivity contribution in [3.8, 4) is 11.5 Å². The Morgan fingerprint density at radius 3 is 2.17 bits per heavy atom. The molecule has 12 heteroatoms. The van der Waals surface area contributed by atoms with Gasteiger partial charge in [0.05, 0.1) is 12.0 Å². The number of carbonyl (C=O) groups is 2. The summed E-state index contributed by atoms with van der Waals surface area (Å²) in [5.74, 6) is -0.313. The van der Waals surface area contributed by atoms with Crippen LogP contribution in [0.1, 0.15) is 24.5 Å². The summed E-state index contributed by atoms with van der Waals surface area (Å²) in [5.41, 5.74) is 1.88. The molecule has 0 heterocycles. The van der Waals surface area contributed by atoms with Crippen LogP contribution < -0.4 is 19.5 Å². The normalized spacial score (nSPS) is 11.7. The quantitative estimate of drug-likeness (QED) is 0.139. The van der Waals surface area contributed by atoms with Crippen molar-refractivity contribution in [1.82, 2.24) is 10.2 Å². The van der Waals surface area contributed by atoms with Crippen LogP contribution in [0.5, 0.6) is 11.5 Å². The van der Waals surface area contributed by atoms with Gasteiger partial charge in [0.25, 0.3) is 15.9 Å². The Bertz CT molecular complexity index is 1700. The molecule has 254 valence electrons. The molecule has 1 unspecified atom stereocenters. The number of benzene rings is 4. The highest BCUT2D eigenvalue weighted by Gasteiger charge is 2.30. The molecule has 0 bridgehead atoms. The predicted octanol–water partition coefficient (Wildman–Crippen LogP) is 5.20. The van der Waals surface area contributed by atoms with Crippen molar-refractivity contribution in [2.75, 3.05) is 38.2 Å². The van der Waals surface area contributed by atoms with Crippen LogP contribution in [0.15, 0.2) is 108 Å². The lowest BCUT2D eigenvalue weighted by Gasteiger charge is -2.31. The summed E-state index contributed by atoms with van der Waals surface area (Å²) < 4.78 is 57.8. The number of nitrogens with zero attached hydrogens (tertiary/aromatic N) is 1. The molecule has 4 aromatic rings. The van der Waals surface area contributed by atoms with Gasteiger partial charge >= 0.3 is 0 Å². The van der Waals surface area contributed by atoms with Crippen molar-refractivity contribution in [2.45, 2.75) is 37.2 Å². The van der Waals surface area contributed by atoms with E-state index >= 15 is 0 Å². The molecule has 0 fully saturated rings. The van der Waals surface area contributed by atoms with E-state index in [1.165, 1.54) is 41.3 Å². The average Bonchev–Trinajstić information content (AvgIpc) is 3.10. The number of hydrogen-bond donors (Lipinski definition) is 2. The van der Waals surface area contributed by atoms with Gasteiger partial charge in [-0.2, -0.15) is 0 Å². The first-order chi connectivity index (χ1) is 23.2. The summed E-state index contributed by atoms with van der Waals surface area (Å²) in [6, 6.07) is 26.3. The van der Waals surface area contributed by atoms with Gasteiger partial charge in [-0.15, -0.1) is 0 Å². The minimum Gasteiger partial charge on any atom is -0.497 e. The second-order valence-electron chi connectivity index (χ2n) is 10.8. The number of rotatable bonds is 18. The Morgan fingerprint density at radius 2 is 1.52 bits per heavy atom. The molecule has 1 atom stereocenters. The molecule has 0 aliphatic carbocycles. The van der Waals surface area contributed by atoms with Crippen LogP contribution in [0.25, 0.3) is 0 Å². The number of hydrogen-bond acceptors (Lipinski definition) is 7. The molecule has 0 spiro atoms. The van der Waals surface area contributed by atoms with E-state index in [9.17, 15) is 22.4 Å². The largest absolute Gasteiger partial charge is 0.497 e. The molecule has 2 amide bonds. The Kier molecular flexibility index (Phi) is 13.3. The monoisotopic (exact) mass is 677 g/mol. The van der Waals surface area contributed by atoms with Crippen LogP contribution in [0.3, 0.4) is 0 Å². The van der Waals surface area contributed by atoms with Crippen molar-refractivity contribution in [3.05, 3.63) is 120 Å². The number of sulfonamides is 1. The van der Waals surface area contributed by atoms with Gasteiger partial charge in [-0.05, 0) is 85.1 Å². The second-order valence-corrected chi connectivity index (χ2v) is 12.5. The van der Waals surface area contributed by atoms with Gasteiger partial charge in [0.2, 0.25) is 5.91 Å². The summed E-state index contributed by atoms with van der Waals surface area (Å²) in [6.45, 7) is 3.10. The van der Waals surface area contributed by atoms with Gasteiger partial charge in [0, 0.05) is 38.4 Å². The highest BCUT2D eigenvalue weighted by Crippen LogP contribution is 2.21. The summed E-state index contributed by atoms with van der Waals surface area (Å²) >= 11 is 0. The zero-order valence-corrected chi connectivity index (χ0v) is 27.7.